The first-order valence-corrected chi connectivity index (χ1v) is 8.62. The SMILES string of the molecule is CN1CCN([C@H](CNC(=O)c2cccc(F)c2)c2cccn2C)CC1. The maximum atomic E-state index is 13.3. The minimum Gasteiger partial charge on any atom is -0.353 e. The predicted molar refractivity (Wildman–Crippen MR) is 96.0 cm³/mol. The average molecular weight is 344 g/mol. The van der Waals surface area contributed by atoms with Crippen LogP contribution in [-0.4, -0.2) is 60.0 Å². The first-order valence-electron chi connectivity index (χ1n) is 8.62. The maximum absolute atomic E-state index is 13.3. The summed E-state index contributed by atoms with van der Waals surface area (Å²) < 4.78 is 15.4. The summed E-state index contributed by atoms with van der Waals surface area (Å²) in [5.41, 5.74) is 1.52. The van der Waals surface area contributed by atoms with Crippen molar-refractivity contribution in [2.24, 2.45) is 7.05 Å². The summed E-state index contributed by atoms with van der Waals surface area (Å²) in [7, 11) is 4.15. The maximum Gasteiger partial charge on any atom is 0.251 e. The highest BCUT2D eigenvalue weighted by Gasteiger charge is 2.26. The molecule has 1 aliphatic rings. The molecule has 3 rings (SSSR count). The number of hydrogen-bond donors (Lipinski definition) is 1. The van der Waals surface area contributed by atoms with Gasteiger partial charge in [-0.05, 0) is 37.4 Å². The Labute approximate surface area is 148 Å². The number of carbonyl (C=O) groups is 1. The van der Waals surface area contributed by atoms with Crippen molar-refractivity contribution in [2.75, 3.05) is 39.8 Å². The second-order valence-corrected chi connectivity index (χ2v) is 6.62. The van der Waals surface area contributed by atoms with Crippen molar-refractivity contribution in [3.63, 3.8) is 0 Å². The van der Waals surface area contributed by atoms with Gasteiger partial charge in [-0.25, -0.2) is 4.39 Å². The Morgan fingerprint density at radius 2 is 1.92 bits per heavy atom. The molecule has 0 bridgehead atoms. The minimum atomic E-state index is -0.397. The second kappa shape index (κ2) is 7.80. The molecule has 0 spiro atoms. The predicted octanol–water partition coefficient (Wildman–Crippen LogP) is 1.88. The van der Waals surface area contributed by atoms with Crippen LogP contribution in [0, 0.1) is 5.82 Å². The largest absolute Gasteiger partial charge is 0.353 e. The third-order valence-electron chi connectivity index (χ3n) is 4.85. The van der Waals surface area contributed by atoms with Gasteiger partial charge in [0, 0.05) is 57.2 Å². The number of amides is 1. The molecule has 0 saturated carbocycles. The Morgan fingerprint density at radius 1 is 1.16 bits per heavy atom. The van der Waals surface area contributed by atoms with Gasteiger partial charge in [0.25, 0.3) is 5.91 Å². The van der Waals surface area contributed by atoms with Crippen molar-refractivity contribution in [2.45, 2.75) is 6.04 Å². The summed E-state index contributed by atoms with van der Waals surface area (Å²) >= 11 is 0. The number of piperazine rings is 1. The van der Waals surface area contributed by atoms with Crippen LogP contribution in [0.2, 0.25) is 0 Å². The van der Waals surface area contributed by atoms with E-state index in [2.05, 4.69) is 32.8 Å². The molecule has 1 N–H and O–H groups in total. The fourth-order valence-electron chi connectivity index (χ4n) is 3.30. The third kappa shape index (κ3) is 4.27. The van der Waals surface area contributed by atoms with Gasteiger partial charge in [0.2, 0.25) is 0 Å². The molecule has 1 aromatic heterocycles. The lowest BCUT2D eigenvalue weighted by Crippen LogP contribution is -2.48. The summed E-state index contributed by atoms with van der Waals surface area (Å²) in [6.07, 6.45) is 2.02. The molecular formula is C19H25FN4O. The Hall–Kier alpha value is -2.18. The van der Waals surface area contributed by atoms with E-state index in [1.807, 2.05) is 19.3 Å². The van der Waals surface area contributed by atoms with Crippen LogP contribution in [0.5, 0.6) is 0 Å². The number of aryl methyl sites for hydroxylation is 1. The van der Waals surface area contributed by atoms with Gasteiger partial charge in [-0.3, -0.25) is 9.69 Å². The van der Waals surface area contributed by atoms with Gasteiger partial charge in [-0.2, -0.15) is 0 Å². The topological polar surface area (TPSA) is 40.5 Å². The quantitative estimate of drug-likeness (QED) is 0.900. The Bertz CT molecular complexity index is 722. The van der Waals surface area contributed by atoms with Crippen molar-refractivity contribution in [1.82, 2.24) is 19.7 Å². The molecule has 0 aliphatic carbocycles. The van der Waals surface area contributed by atoms with Crippen molar-refractivity contribution in [3.8, 4) is 0 Å². The van der Waals surface area contributed by atoms with E-state index in [9.17, 15) is 9.18 Å². The first-order chi connectivity index (χ1) is 12.0. The van der Waals surface area contributed by atoms with E-state index >= 15 is 0 Å². The third-order valence-corrected chi connectivity index (χ3v) is 4.85. The molecule has 1 saturated heterocycles. The Balaban J connectivity index is 1.72. The molecule has 2 aromatic rings. The van der Waals surface area contributed by atoms with Crippen LogP contribution in [0.1, 0.15) is 22.1 Å². The van der Waals surface area contributed by atoms with Crippen molar-refractivity contribution >= 4 is 5.91 Å². The molecule has 5 nitrogen and oxygen atoms in total. The fourth-order valence-corrected chi connectivity index (χ4v) is 3.30. The molecule has 1 aromatic carbocycles. The van der Waals surface area contributed by atoms with E-state index in [1.165, 1.54) is 17.8 Å². The molecule has 0 radical (unpaired) electrons. The lowest BCUT2D eigenvalue weighted by molar-refractivity contribution is 0.0877. The number of rotatable bonds is 5. The molecule has 2 heterocycles. The van der Waals surface area contributed by atoms with Gasteiger partial charge in [0.15, 0.2) is 0 Å². The number of aromatic nitrogens is 1. The van der Waals surface area contributed by atoms with Crippen LogP contribution in [-0.2, 0) is 7.05 Å². The second-order valence-electron chi connectivity index (χ2n) is 6.62. The number of likely N-dealkylation sites (N-methyl/N-ethyl adjacent to an activating group) is 1. The van der Waals surface area contributed by atoms with E-state index in [1.54, 1.807) is 12.1 Å². The zero-order valence-electron chi connectivity index (χ0n) is 14.8. The van der Waals surface area contributed by atoms with Gasteiger partial charge in [0.1, 0.15) is 5.82 Å². The van der Waals surface area contributed by atoms with Crippen LogP contribution in [0.4, 0.5) is 4.39 Å². The Morgan fingerprint density at radius 3 is 2.56 bits per heavy atom. The highest BCUT2D eigenvalue weighted by molar-refractivity contribution is 5.94. The molecule has 6 heteroatoms. The van der Waals surface area contributed by atoms with E-state index in [0.717, 1.165) is 26.2 Å². The summed E-state index contributed by atoms with van der Waals surface area (Å²) in [6.45, 7) is 4.44. The van der Waals surface area contributed by atoms with Crippen molar-refractivity contribution < 1.29 is 9.18 Å². The van der Waals surface area contributed by atoms with E-state index < -0.39 is 5.82 Å². The molecule has 1 amide bonds. The monoisotopic (exact) mass is 344 g/mol. The lowest BCUT2D eigenvalue weighted by Gasteiger charge is -2.38. The molecule has 1 fully saturated rings. The van der Waals surface area contributed by atoms with Gasteiger partial charge in [0.05, 0.1) is 6.04 Å². The average Bonchev–Trinajstić information content (AvgIpc) is 3.02. The van der Waals surface area contributed by atoms with Crippen molar-refractivity contribution in [3.05, 3.63) is 59.7 Å². The Kier molecular flexibility index (Phi) is 5.50. The smallest absolute Gasteiger partial charge is 0.251 e. The summed E-state index contributed by atoms with van der Waals surface area (Å²) in [4.78, 5) is 17.1. The van der Waals surface area contributed by atoms with Gasteiger partial charge < -0.3 is 14.8 Å². The number of carbonyl (C=O) groups excluding carboxylic acids is 1. The molecule has 134 valence electrons. The number of nitrogens with zero attached hydrogens (tertiary/aromatic N) is 3. The zero-order chi connectivity index (χ0) is 17.8. The number of halogens is 1. The molecule has 25 heavy (non-hydrogen) atoms. The van der Waals surface area contributed by atoms with Crippen LogP contribution >= 0.6 is 0 Å². The van der Waals surface area contributed by atoms with Gasteiger partial charge >= 0.3 is 0 Å². The van der Waals surface area contributed by atoms with E-state index in [4.69, 9.17) is 0 Å². The molecule has 0 unspecified atom stereocenters. The highest BCUT2D eigenvalue weighted by atomic mass is 19.1. The molecule has 1 aliphatic heterocycles. The van der Waals surface area contributed by atoms with Crippen LogP contribution < -0.4 is 5.32 Å². The van der Waals surface area contributed by atoms with E-state index in [0.29, 0.717) is 12.1 Å². The fraction of sp³-hybridized carbons (Fsp3) is 0.421. The van der Waals surface area contributed by atoms with Crippen LogP contribution in [0.25, 0.3) is 0 Å². The summed E-state index contributed by atoms with van der Waals surface area (Å²) in [6, 6.07) is 10.0. The molecule has 1 atom stereocenters. The summed E-state index contributed by atoms with van der Waals surface area (Å²) in [5, 5.41) is 2.98. The lowest BCUT2D eigenvalue weighted by atomic mass is 10.1. The van der Waals surface area contributed by atoms with Gasteiger partial charge in [-0.15, -0.1) is 0 Å². The highest BCUT2D eigenvalue weighted by Crippen LogP contribution is 2.22. The number of hydrogen-bond acceptors (Lipinski definition) is 3. The summed E-state index contributed by atoms with van der Waals surface area (Å²) in [5.74, 6) is -0.640. The normalized spacial score (nSPS) is 17.4. The first kappa shape index (κ1) is 17.6. The standard InChI is InChI=1S/C19H25FN4O/c1-22-9-11-24(12-10-22)18(17-7-4-8-23(17)2)14-21-19(25)15-5-3-6-16(20)13-15/h3-8,13,18H,9-12,14H2,1-2H3,(H,21,25)/t18-/m1/s1. The zero-order valence-corrected chi connectivity index (χ0v) is 14.8. The van der Waals surface area contributed by atoms with Gasteiger partial charge in [-0.1, -0.05) is 6.07 Å². The minimum absolute atomic E-state index is 0.103. The van der Waals surface area contributed by atoms with Crippen LogP contribution in [0.15, 0.2) is 42.6 Å². The van der Waals surface area contributed by atoms with Crippen LogP contribution in [0.3, 0.4) is 0 Å². The van der Waals surface area contributed by atoms with E-state index in [-0.39, 0.29) is 11.9 Å². The molecular weight excluding hydrogens is 319 g/mol. The van der Waals surface area contributed by atoms with Crippen molar-refractivity contribution in [1.29, 1.82) is 0 Å². The number of benzene rings is 1. The number of nitrogens with one attached hydrogen (secondary N) is 1.